The Balaban J connectivity index is 1.42. The summed E-state index contributed by atoms with van der Waals surface area (Å²) in [5.41, 5.74) is 0.836. The van der Waals surface area contributed by atoms with E-state index >= 15 is 0 Å². The lowest BCUT2D eigenvalue weighted by Crippen LogP contribution is -2.57. The van der Waals surface area contributed by atoms with Gasteiger partial charge in [0.25, 0.3) is 0 Å². The summed E-state index contributed by atoms with van der Waals surface area (Å²) >= 11 is 1.79. The molecule has 5 atom stereocenters. The number of para-hydroxylation sites is 1. The van der Waals surface area contributed by atoms with E-state index in [0.717, 1.165) is 24.9 Å². The Morgan fingerprint density at radius 2 is 2.04 bits per heavy atom. The SMILES string of the molecule is O=C(Nc1ccccc1)C1CCC2C(C1)NC(=O)C1C=CSC12. The molecule has 4 rings (SSSR count). The maximum atomic E-state index is 12.5. The molecule has 0 aromatic heterocycles. The second kappa shape index (κ2) is 6.04. The van der Waals surface area contributed by atoms with Gasteiger partial charge in [0.1, 0.15) is 0 Å². The summed E-state index contributed by atoms with van der Waals surface area (Å²) in [7, 11) is 0. The van der Waals surface area contributed by atoms with Crippen LogP contribution < -0.4 is 10.6 Å². The van der Waals surface area contributed by atoms with Crippen LogP contribution in [0.15, 0.2) is 41.8 Å². The van der Waals surface area contributed by atoms with Gasteiger partial charge in [-0.3, -0.25) is 9.59 Å². The molecular weight excluding hydrogens is 308 g/mol. The molecule has 1 saturated carbocycles. The number of hydrogen-bond donors (Lipinski definition) is 2. The van der Waals surface area contributed by atoms with E-state index in [9.17, 15) is 9.59 Å². The zero-order valence-corrected chi connectivity index (χ0v) is 13.6. The number of rotatable bonds is 2. The molecule has 0 spiro atoms. The Bertz CT molecular complexity index is 646. The van der Waals surface area contributed by atoms with Gasteiger partial charge in [-0.25, -0.2) is 0 Å². The van der Waals surface area contributed by atoms with Gasteiger partial charge < -0.3 is 10.6 Å². The van der Waals surface area contributed by atoms with Crippen LogP contribution in [-0.4, -0.2) is 23.1 Å². The topological polar surface area (TPSA) is 58.2 Å². The summed E-state index contributed by atoms with van der Waals surface area (Å²) in [5.74, 6) is 0.687. The third-order valence-corrected chi connectivity index (χ3v) is 6.52. The second-order valence-electron chi connectivity index (χ2n) is 6.60. The molecule has 2 amide bonds. The molecule has 2 aliphatic heterocycles. The molecular formula is C18H20N2O2S. The van der Waals surface area contributed by atoms with Gasteiger partial charge in [-0.1, -0.05) is 24.3 Å². The zero-order valence-electron chi connectivity index (χ0n) is 12.8. The molecule has 3 aliphatic rings. The lowest BCUT2D eigenvalue weighted by molar-refractivity contribution is -0.130. The van der Waals surface area contributed by atoms with Crippen molar-refractivity contribution in [3.8, 4) is 0 Å². The molecule has 0 bridgehead atoms. The minimum atomic E-state index is -0.0207. The molecule has 2 N–H and O–H groups in total. The maximum Gasteiger partial charge on any atom is 0.228 e. The molecule has 120 valence electrons. The van der Waals surface area contributed by atoms with E-state index < -0.39 is 0 Å². The van der Waals surface area contributed by atoms with Gasteiger partial charge in [0.15, 0.2) is 0 Å². The van der Waals surface area contributed by atoms with Crippen LogP contribution >= 0.6 is 11.8 Å². The van der Waals surface area contributed by atoms with Crippen molar-refractivity contribution in [3.05, 3.63) is 41.8 Å². The number of piperidine rings is 1. The number of fused-ring (bicyclic) bond motifs is 3. The number of nitrogens with one attached hydrogen (secondary N) is 2. The number of carbonyl (C=O) groups excluding carboxylic acids is 2. The molecule has 0 radical (unpaired) electrons. The van der Waals surface area contributed by atoms with E-state index in [2.05, 4.69) is 16.0 Å². The van der Waals surface area contributed by atoms with Gasteiger partial charge in [-0.2, -0.15) is 0 Å². The highest BCUT2D eigenvalue weighted by atomic mass is 32.2. The quantitative estimate of drug-likeness (QED) is 0.878. The standard InChI is InChI=1S/C18H20N2O2S/c21-17(19-12-4-2-1-3-5-12)11-6-7-13-15(10-11)20-18(22)14-8-9-23-16(13)14/h1-5,8-9,11,13-16H,6-7,10H2,(H,19,21)(H,20,22). The number of anilines is 1. The Morgan fingerprint density at radius 1 is 1.22 bits per heavy atom. The monoisotopic (exact) mass is 328 g/mol. The van der Waals surface area contributed by atoms with E-state index in [1.54, 1.807) is 11.8 Å². The zero-order chi connectivity index (χ0) is 15.8. The van der Waals surface area contributed by atoms with E-state index in [1.165, 1.54) is 0 Å². The smallest absolute Gasteiger partial charge is 0.228 e. The van der Waals surface area contributed by atoms with Crippen molar-refractivity contribution in [2.45, 2.75) is 30.6 Å². The fraction of sp³-hybridized carbons (Fsp3) is 0.444. The number of hydrogen-bond acceptors (Lipinski definition) is 3. The van der Waals surface area contributed by atoms with Gasteiger partial charge >= 0.3 is 0 Å². The lowest BCUT2D eigenvalue weighted by atomic mass is 9.71. The Morgan fingerprint density at radius 3 is 2.87 bits per heavy atom. The summed E-state index contributed by atoms with van der Waals surface area (Å²) in [5, 5.41) is 8.58. The van der Waals surface area contributed by atoms with Gasteiger partial charge in [0.2, 0.25) is 11.8 Å². The van der Waals surface area contributed by atoms with Crippen molar-refractivity contribution >= 4 is 29.3 Å². The molecule has 2 heterocycles. The largest absolute Gasteiger partial charge is 0.352 e. The molecule has 23 heavy (non-hydrogen) atoms. The number of thioether (sulfide) groups is 1. The van der Waals surface area contributed by atoms with Crippen LogP contribution in [0.1, 0.15) is 19.3 Å². The normalized spacial score (nSPS) is 35.1. The average Bonchev–Trinajstić information content (AvgIpc) is 3.06. The van der Waals surface area contributed by atoms with Crippen molar-refractivity contribution < 1.29 is 9.59 Å². The Hall–Kier alpha value is -1.75. The first-order chi connectivity index (χ1) is 11.2. The first-order valence-corrected chi connectivity index (χ1v) is 9.15. The Labute approximate surface area is 140 Å². The van der Waals surface area contributed by atoms with Crippen molar-refractivity contribution in [2.75, 3.05) is 5.32 Å². The van der Waals surface area contributed by atoms with Crippen LogP contribution in [0.2, 0.25) is 0 Å². The van der Waals surface area contributed by atoms with Crippen molar-refractivity contribution in [2.24, 2.45) is 17.8 Å². The van der Waals surface area contributed by atoms with Crippen molar-refractivity contribution in [1.29, 1.82) is 0 Å². The molecule has 5 unspecified atom stereocenters. The summed E-state index contributed by atoms with van der Waals surface area (Å²) in [6.45, 7) is 0. The molecule has 4 nitrogen and oxygen atoms in total. The van der Waals surface area contributed by atoms with Crippen LogP contribution in [0.5, 0.6) is 0 Å². The summed E-state index contributed by atoms with van der Waals surface area (Å²) < 4.78 is 0. The van der Waals surface area contributed by atoms with Gasteiger partial charge in [-0.15, -0.1) is 11.8 Å². The summed E-state index contributed by atoms with van der Waals surface area (Å²) in [6.07, 6.45) is 4.68. The minimum Gasteiger partial charge on any atom is -0.352 e. The number of carbonyl (C=O) groups is 2. The van der Waals surface area contributed by atoms with Crippen LogP contribution in [-0.2, 0) is 9.59 Å². The third-order valence-electron chi connectivity index (χ3n) is 5.24. The van der Waals surface area contributed by atoms with Crippen LogP contribution in [0.25, 0.3) is 0 Å². The molecule has 1 saturated heterocycles. The van der Waals surface area contributed by atoms with E-state index in [4.69, 9.17) is 0 Å². The number of amides is 2. The first kappa shape index (κ1) is 14.8. The predicted molar refractivity (Wildman–Crippen MR) is 91.8 cm³/mol. The van der Waals surface area contributed by atoms with Gasteiger partial charge in [-0.05, 0) is 42.7 Å². The second-order valence-corrected chi connectivity index (χ2v) is 7.69. The molecule has 5 heteroatoms. The minimum absolute atomic E-state index is 0.0207. The fourth-order valence-corrected chi connectivity index (χ4v) is 5.41. The number of benzene rings is 1. The summed E-state index contributed by atoms with van der Waals surface area (Å²) in [6, 6.07) is 9.70. The van der Waals surface area contributed by atoms with E-state index in [1.807, 2.05) is 36.4 Å². The lowest BCUT2D eigenvalue weighted by Gasteiger charge is -2.44. The molecule has 1 aromatic rings. The van der Waals surface area contributed by atoms with E-state index in [0.29, 0.717) is 11.2 Å². The highest BCUT2D eigenvalue weighted by Gasteiger charge is 2.47. The van der Waals surface area contributed by atoms with Crippen molar-refractivity contribution in [1.82, 2.24) is 5.32 Å². The maximum absolute atomic E-state index is 12.5. The molecule has 2 fully saturated rings. The molecule has 1 aromatic carbocycles. The van der Waals surface area contributed by atoms with Crippen molar-refractivity contribution in [3.63, 3.8) is 0 Å². The van der Waals surface area contributed by atoms with Gasteiger partial charge in [0, 0.05) is 22.9 Å². The van der Waals surface area contributed by atoms with Crippen LogP contribution in [0.4, 0.5) is 5.69 Å². The third kappa shape index (κ3) is 2.78. The highest BCUT2D eigenvalue weighted by Crippen LogP contribution is 2.45. The predicted octanol–water partition coefficient (Wildman–Crippen LogP) is 2.79. The first-order valence-electron chi connectivity index (χ1n) is 8.21. The van der Waals surface area contributed by atoms with E-state index in [-0.39, 0.29) is 29.7 Å². The average molecular weight is 328 g/mol. The van der Waals surface area contributed by atoms with Crippen LogP contribution in [0, 0.1) is 17.8 Å². The fourth-order valence-electron chi connectivity index (χ4n) is 4.05. The highest BCUT2D eigenvalue weighted by molar-refractivity contribution is 8.03. The van der Waals surface area contributed by atoms with Gasteiger partial charge in [0.05, 0.1) is 5.92 Å². The van der Waals surface area contributed by atoms with Crippen LogP contribution in [0.3, 0.4) is 0 Å². The Kier molecular flexibility index (Phi) is 3.89. The molecule has 1 aliphatic carbocycles. The summed E-state index contributed by atoms with van der Waals surface area (Å²) in [4.78, 5) is 24.7.